The predicted octanol–water partition coefficient (Wildman–Crippen LogP) is 4.90. The van der Waals surface area contributed by atoms with Crippen molar-refractivity contribution in [2.45, 2.75) is 83.1 Å². The van der Waals surface area contributed by atoms with Crippen molar-refractivity contribution in [3.63, 3.8) is 0 Å². The normalized spacial score (nSPS) is 52.1. The highest BCUT2D eigenvalue weighted by atomic mass is 79.9. The largest absolute Gasteiger partial charge is 0.462 e. The Morgan fingerprint density at radius 1 is 1.08 bits per heavy atom. The van der Waals surface area contributed by atoms with Gasteiger partial charge in [0, 0.05) is 18.8 Å². The molecule has 0 aromatic heterocycles. The van der Waals surface area contributed by atoms with Crippen LogP contribution in [0.5, 0.6) is 0 Å². The Labute approximate surface area is 159 Å². The zero-order chi connectivity index (χ0) is 18.0. The van der Waals surface area contributed by atoms with E-state index < -0.39 is 0 Å². The zero-order valence-corrected chi connectivity index (χ0v) is 17.3. The Morgan fingerprint density at radius 3 is 2.52 bits per heavy atom. The summed E-state index contributed by atoms with van der Waals surface area (Å²) in [5.74, 6) is 3.02. The third-order valence-corrected chi connectivity index (χ3v) is 9.54. The molecule has 8 atom stereocenters. The molecule has 0 radical (unpaired) electrons. The monoisotopic (exact) mass is 410 g/mol. The summed E-state index contributed by atoms with van der Waals surface area (Å²) in [6.45, 7) is 6.39. The van der Waals surface area contributed by atoms with Crippen molar-refractivity contribution >= 4 is 27.7 Å². The summed E-state index contributed by atoms with van der Waals surface area (Å²) in [5.41, 5.74) is 0.458. The van der Waals surface area contributed by atoms with Crippen molar-refractivity contribution in [1.82, 2.24) is 0 Å². The molecule has 0 amide bonds. The van der Waals surface area contributed by atoms with Gasteiger partial charge in [0.15, 0.2) is 0 Å². The van der Waals surface area contributed by atoms with Crippen LogP contribution in [0.4, 0.5) is 0 Å². The maximum Gasteiger partial charge on any atom is 0.302 e. The summed E-state index contributed by atoms with van der Waals surface area (Å²) in [6, 6.07) is 0. The molecule has 4 aliphatic carbocycles. The van der Waals surface area contributed by atoms with Gasteiger partial charge < -0.3 is 4.74 Å². The van der Waals surface area contributed by atoms with Gasteiger partial charge >= 0.3 is 5.97 Å². The second kappa shape index (κ2) is 6.07. The van der Waals surface area contributed by atoms with E-state index in [-0.39, 0.29) is 22.3 Å². The lowest BCUT2D eigenvalue weighted by atomic mass is 9.45. The summed E-state index contributed by atoms with van der Waals surface area (Å²) >= 11 is 3.66. The molecule has 0 saturated heterocycles. The number of carbonyl (C=O) groups is 2. The first-order valence-electron chi connectivity index (χ1n) is 10.1. The molecule has 3 nitrogen and oxygen atoms in total. The first kappa shape index (κ1) is 18.0. The van der Waals surface area contributed by atoms with E-state index in [0.29, 0.717) is 23.0 Å². The van der Waals surface area contributed by atoms with E-state index in [4.69, 9.17) is 4.74 Å². The Balaban J connectivity index is 1.59. The fraction of sp³-hybridized carbons (Fsp3) is 0.905. The van der Waals surface area contributed by atoms with Crippen LogP contribution in [0, 0.1) is 34.5 Å². The van der Waals surface area contributed by atoms with Crippen LogP contribution >= 0.6 is 15.9 Å². The Morgan fingerprint density at radius 2 is 1.80 bits per heavy atom. The fourth-order valence-corrected chi connectivity index (χ4v) is 8.29. The van der Waals surface area contributed by atoms with Crippen LogP contribution in [0.25, 0.3) is 0 Å². The van der Waals surface area contributed by atoms with Crippen LogP contribution in [0.3, 0.4) is 0 Å². The molecule has 4 saturated carbocycles. The number of hydrogen-bond donors (Lipinski definition) is 0. The van der Waals surface area contributed by atoms with Crippen molar-refractivity contribution in [1.29, 1.82) is 0 Å². The number of alkyl halides is 1. The third-order valence-electron chi connectivity index (χ3n) is 8.70. The Hall–Kier alpha value is -0.380. The van der Waals surface area contributed by atoms with Gasteiger partial charge in [0.1, 0.15) is 11.9 Å². The summed E-state index contributed by atoms with van der Waals surface area (Å²) in [6.07, 6.45) is 8.99. The van der Waals surface area contributed by atoms with Crippen LogP contribution in [0.2, 0.25) is 0 Å². The minimum atomic E-state index is -0.127. The first-order valence-corrected chi connectivity index (χ1v) is 11.0. The van der Waals surface area contributed by atoms with E-state index in [0.717, 1.165) is 31.1 Å². The van der Waals surface area contributed by atoms with E-state index in [1.54, 1.807) is 6.92 Å². The first-order chi connectivity index (χ1) is 11.8. The van der Waals surface area contributed by atoms with E-state index in [9.17, 15) is 9.59 Å². The number of esters is 1. The summed E-state index contributed by atoms with van der Waals surface area (Å²) in [4.78, 5) is 23.8. The fourth-order valence-electron chi connectivity index (χ4n) is 7.40. The highest BCUT2D eigenvalue weighted by Crippen LogP contribution is 2.66. The van der Waals surface area contributed by atoms with Gasteiger partial charge in [-0.3, -0.25) is 9.59 Å². The molecule has 4 fully saturated rings. The van der Waals surface area contributed by atoms with Gasteiger partial charge in [-0.15, -0.1) is 0 Å². The van der Waals surface area contributed by atoms with E-state index in [1.807, 2.05) is 0 Å². The number of carbonyl (C=O) groups excluding carboxylic acids is 2. The molecule has 0 aromatic carbocycles. The van der Waals surface area contributed by atoms with Crippen LogP contribution < -0.4 is 0 Å². The average molecular weight is 411 g/mol. The van der Waals surface area contributed by atoms with Crippen LogP contribution in [0.1, 0.15) is 72.1 Å². The number of rotatable bonds is 1. The van der Waals surface area contributed by atoms with Gasteiger partial charge in [-0.25, -0.2) is 0 Å². The van der Waals surface area contributed by atoms with Crippen LogP contribution in [0.15, 0.2) is 0 Å². The minimum Gasteiger partial charge on any atom is -0.462 e. The topological polar surface area (TPSA) is 43.4 Å². The Bertz CT molecular complexity index is 590. The highest BCUT2D eigenvalue weighted by molar-refractivity contribution is 9.10. The van der Waals surface area contributed by atoms with Gasteiger partial charge in [-0.2, -0.15) is 0 Å². The maximum absolute atomic E-state index is 12.2. The predicted molar refractivity (Wildman–Crippen MR) is 100 cm³/mol. The smallest absolute Gasteiger partial charge is 0.302 e. The van der Waals surface area contributed by atoms with E-state index in [1.165, 1.54) is 32.1 Å². The number of ketones is 1. The molecule has 4 aliphatic rings. The number of halogens is 1. The number of ether oxygens (including phenoxy) is 1. The van der Waals surface area contributed by atoms with E-state index >= 15 is 0 Å². The van der Waals surface area contributed by atoms with Crippen molar-refractivity contribution in [3.8, 4) is 0 Å². The van der Waals surface area contributed by atoms with Crippen LogP contribution in [-0.2, 0) is 14.3 Å². The Kier molecular flexibility index (Phi) is 4.37. The average Bonchev–Trinajstić information content (AvgIpc) is 2.85. The zero-order valence-electron chi connectivity index (χ0n) is 15.7. The van der Waals surface area contributed by atoms with Crippen LogP contribution in [-0.4, -0.2) is 22.7 Å². The van der Waals surface area contributed by atoms with E-state index in [2.05, 4.69) is 29.8 Å². The van der Waals surface area contributed by atoms with Crippen molar-refractivity contribution in [2.24, 2.45) is 34.5 Å². The SMILES string of the molecule is CC(=O)O[C@H]1CC[C@H]2[C@@H]3CC[C@H]4CC(=O)C(Br)C[C@]4(C)[C@H]3CC[C@]12C. The quantitative estimate of drug-likeness (QED) is 0.455. The molecular formula is C21H31BrO3. The van der Waals surface area contributed by atoms with Gasteiger partial charge in [0.25, 0.3) is 0 Å². The lowest BCUT2D eigenvalue weighted by molar-refractivity contribution is -0.161. The minimum absolute atomic E-state index is 0.0539. The number of hydrogen-bond acceptors (Lipinski definition) is 3. The van der Waals surface area contributed by atoms with Gasteiger partial charge in [0.05, 0.1) is 4.83 Å². The molecule has 0 spiro atoms. The molecule has 140 valence electrons. The maximum atomic E-state index is 12.2. The summed E-state index contributed by atoms with van der Waals surface area (Å²) in [7, 11) is 0. The third kappa shape index (κ3) is 2.64. The van der Waals surface area contributed by atoms with Gasteiger partial charge in [-0.1, -0.05) is 29.8 Å². The summed E-state index contributed by atoms with van der Waals surface area (Å²) < 4.78 is 5.74. The molecule has 25 heavy (non-hydrogen) atoms. The lowest BCUT2D eigenvalue weighted by Crippen LogP contribution is -2.55. The molecule has 0 aliphatic heterocycles. The second-order valence-corrected chi connectivity index (χ2v) is 10.8. The number of fused-ring (bicyclic) bond motifs is 5. The molecule has 0 bridgehead atoms. The van der Waals surface area contributed by atoms with Crippen molar-refractivity contribution in [3.05, 3.63) is 0 Å². The highest BCUT2D eigenvalue weighted by Gasteiger charge is 2.61. The molecule has 4 rings (SSSR count). The van der Waals surface area contributed by atoms with Gasteiger partial charge in [0.2, 0.25) is 0 Å². The lowest BCUT2D eigenvalue weighted by Gasteiger charge is -2.60. The van der Waals surface area contributed by atoms with Gasteiger partial charge in [-0.05, 0) is 74.0 Å². The second-order valence-electron chi connectivity index (χ2n) is 9.72. The van der Waals surface area contributed by atoms with Crippen molar-refractivity contribution in [2.75, 3.05) is 0 Å². The summed E-state index contributed by atoms with van der Waals surface area (Å²) in [5, 5.41) is 0. The van der Waals surface area contributed by atoms with Crippen molar-refractivity contribution < 1.29 is 14.3 Å². The molecule has 0 N–H and O–H groups in total. The standard InChI is InChI=1S/C21H31BrO3/c1-12(23)25-19-7-6-15-14-5-4-13-10-18(24)17(22)11-21(13,3)16(14)8-9-20(15,19)2/h13-17,19H,4-11H2,1-3H3/t13-,14-,15-,16-,17?,19-,20-,21-/m0/s1. The molecule has 0 heterocycles. The molecule has 0 aromatic rings. The molecule has 4 heteroatoms. The molecular weight excluding hydrogens is 380 g/mol. The number of Topliss-reactive ketones (excluding diaryl/α,β-unsaturated/α-hetero) is 1. The molecule has 1 unspecified atom stereocenters.